The van der Waals surface area contributed by atoms with Gasteiger partial charge in [-0.15, -0.1) is 0 Å². The number of amides is 1. The number of rotatable bonds is 8. The van der Waals surface area contributed by atoms with Gasteiger partial charge in [-0.2, -0.15) is 0 Å². The topological polar surface area (TPSA) is 88.7 Å². The predicted molar refractivity (Wildman–Crippen MR) is 99.9 cm³/mol. The van der Waals surface area contributed by atoms with E-state index in [0.717, 1.165) is 17.7 Å². The Morgan fingerprint density at radius 1 is 1.12 bits per heavy atom. The summed E-state index contributed by atoms with van der Waals surface area (Å²) in [6.07, 6.45) is 0.760. The second kappa shape index (κ2) is 10.0. The quantitative estimate of drug-likeness (QED) is 0.381. The zero-order valence-corrected chi connectivity index (χ0v) is 14.7. The fourth-order valence-electron chi connectivity index (χ4n) is 2.26. The molecule has 0 heterocycles. The Morgan fingerprint density at radius 3 is 2.50 bits per heavy atom. The van der Waals surface area contributed by atoms with Gasteiger partial charge in [-0.3, -0.25) is 9.79 Å². The number of methoxy groups -OCH3 is 1. The minimum absolute atomic E-state index is 0.0219. The van der Waals surface area contributed by atoms with E-state index in [4.69, 9.17) is 10.5 Å². The van der Waals surface area contributed by atoms with Gasteiger partial charge < -0.3 is 21.1 Å². The minimum Gasteiger partial charge on any atom is -0.497 e. The highest BCUT2D eigenvalue weighted by atomic mass is 19.1. The van der Waals surface area contributed by atoms with E-state index in [2.05, 4.69) is 15.6 Å². The molecule has 2 rings (SSSR count). The fraction of sp³-hybridized carbons (Fsp3) is 0.263. The van der Waals surface area contributed by atoms with Crippen LogP contribution in [0.2, 0.25) is 0 Å². The molecule has 0 atom stereocenters. The molecule has 4 N–H and O–H groups in total. The van der Waals surface area contributed by atoms with Gasteiger partial charge in [0.05, 0.1) is 12.7 Å². The molecule has 0 saturated carbocycles. The van der Waals surface area contributed by atoms with Crippen molar-refractivity contribution in [2.45, 2.75) is 6.42 Å². The first-order valence-corrected chi connectivity index (χ1v) is 8.29. The van der Waals surface area contributed by atoms with Gasteiger partial charge in [0.15, 0.2) is 5.96 Å². The largest absolute Gasteiger partial charge is 0.497 e. The Balaban J connectivity index is 1.66. The third kappa shape index (κ3) is 6.08. The van der Waals surface area contributed by atoms with E-state index in [1.54, 1.807) is 13.2 Å². The van der Waals surface area contributed by atoms with Crippen LogP contribution in [0.15, 0.2) is 53.5 Å². The Kier molecular flexibility index (Phi) is 7.42. The van der Waals surface area contributed by atoms with Crippen molar-refractivity contribution in [3.63, 3.8) is 0 Å². The summed E-state index contributed by atoms with van der Waals surface area (Å²) in [6, 6.07) is 13.6. The number of carbonyl (C=O) groups is 1. The van der Waals surface area contributed by atoms with Gasteiger partial charge in [0, 0.05) is 19.6 Å². The van der Waals surface area contributed by atoms with Crippen molar-refractivity contribution in [1.82, 2.24) is 10.6 Å². The van der Waals surface area contributed by atoms with Crippen LogP contribution < -0.4 is 21.1 Å². The Bertz CT molecular complexity index is 747. The first-order chi connectivity index (χ1) is 12.6. The third-order valence-corrected chi connectivity index (χ3v) is 3.68. The van der Waals surface area contributed by atoms with Crippen molar-refractivity contribution >= 4 is 11.9 Å². The molecule has 0 aliphatic carbocycles. The van der Waals surface area contributed by atoms with Crippen LogP contribution in [0.3, 0.4) is 0 Å². The molecule has 0 aromatic heterocycles. The maximum absolute atomic E-state index is 13.5. The lowest BCUT2D eigenvalue weighted by molar-refractivity contribution is 0.0950. The van der Waals surface area contributed by atoms with Crippen molar-refractivity contribution in [2.24, 2.45) is 10.7 Å². The molecule has 138 valence electrons. The Hall–Kier alpha value is -3.09. The fourth-order valence-corrected chi connectivity index (χ4v) is 2.26. The van der Waals surface area contributed by atoms with Crippen LogP contribution in [-0.4, -0.2) is 38.6 Å². The highest BCUT2D eigenvalue weighted by Gasteiger charge is 2.09. The molecule has 6 nitrogen and oxygen atoms in total. The highest BCUT2D eigenvalue weighted by Crippen LogP contribution is 2.11. The van der Waals surface area contributed by atoms with Crippen LogP contribution in [0.25, 0.3) is 0 Å². The predicted octanol–water partition coefficient (Wildman–Crippen LogP) is 1.71. The average Bonchev–Trinajstić information content (AvgIpc) is 2.66. The standard InChI is InChI=1S/C19H23FN4O2/c1-26-15-8-6-14(7-9-15)10-11-23-19(21)24-13-12-22-18(25)16-4-2-3-5-17(16)20/h2-9H,10-13H2,1H3,(H,22,25)(H3,21,23,24). The van der Waals surface area contributed by atoms with Crippen LogP contribution in [0.4, 0.5) is 4.39 Å². The summed E-state index contributed by atoms with van der Waals surface area (Å²) in [7, 11) is 1.63. The van der Waals surface area contributed by atoms with Crippen molar-refractivity contribution in [2.75, 3.05) is 26.7 Å². The Morgan fingerprint density at radius 2 is 1.81 bits per heavy atom. The molecular weight excluding hydrogens is 335 g/mol. The van der Waals surface area contributed by atoms with Crippen molar-refractivity contribution in [3.05, 3.63) is 65.5 Å². The molecular formula is C19H23FN4O2. The van der Waals surface area contributed by atoms with Gasteiger partial charge in [0.1, 0.15) is 11.6 Å². The third-order valence-electron chi connectivity index (χ3n) is 3.68. The van der Waals surface area contributed by atoms with Gasteiger partial charge in [-0.25, -0.2) is 4.39 Å². The normalized spacial score (nSPS) is 11.1. The van der Waals surface area contributed by atoms with E-state index in [-0.39, 0.29) is 5.56 Å². The lowest BCUT2D eigenvalue weighted by Crippen LogP contribution is -2.38. The van der Waals surface area contributed by atoms with E-state index >= 15 is 0 Å². The van der Waals surface area contributed by atoms with Crippen LogP contribution in [0, 0.1) is 5.82 Å². The Labute approximate surface area is 152 Å². The van der Waals surface area contributed by atoms with Gasteiger partial charge in [-0.05, 0) is 36.2 Å². The summed E-state index contributed by atoms with van der Waals surface area (Å²) in [5.74, 6) is 0.118. The number of nitrogens with zero attached hydrogens (tertiary/aromatic N) is 1. The lowest BCUT2D eigenvalue weighted by atomic mass is 10.1. The maximum Gasteiger partial charge on any atom is 0.254 e. The summed E-state index contributed by atoms with van der Waals surface area (Å²) >= 11 is 0. The molecule has 1 amide bonds. The number of ether oxygens (including phenoxy) is 1. The second-order valence-corrected chi connectivity index (χ2v) is 5.53. The molecule has 26 heavy (non-hydrogen) atoms. The van der Waals surface area contributed by atoms with Crippen LogP contribution in [-0.2, 0) is 6.42 Å². The summed E-state index contributed by atoms with van der Waals surface area (Å²) in [5, 5.41) is 5.53. The number of halogens is 1. The van der Waals surface area contributed by atoms with Crippen molar-refractivity contribution in [3.8, 4) is 5.75 Å². The molecule has 0 aliphatic rings. The van der Waals surface area contributed by atoms with E-state index in [9.17, 15) is 9.18 Å². The zero-order chi connectivity index (χ0) is 18.8. The first kappa shape index (κ1) is 19.2. The number of hydrogen-bond donors (Lipinski definition) is 3. The van der Waals surface area contributed by atoms with Crippen LogP contribution >= 0.6 is 0 Å². The summed E-state index contributed by atoms with van der Waals surface area (Å²) < 4.78 is 18.6. The SMILES string of the molecule is COc1ccc(CCN=C(N)NCCNC(=O)c2ccccc2F)cc1. The summed E-state index contributed by atoms with van der Waals surface area (Å²) in [6.45, 7) is 1.26. The van der Waals surface area contributed by atoms with Crippen molar-refractivity contribution in [1.29, 1.82) is 0 Å². The molecule has 0 radical (unpaired) electrons. The first-order valence-electron chi connectivity index (χ1n) is 8.29. The number of guanidine groups is 1. The van der Waals surface area contributed by atoms with Gasteiger partial charge in [0.2, 0.25) is 0 Å². The van der Waals surface area contributed by atoms with Crippen LogP contribution in [0.1, 0.15) is 15.9 Å². The van der Waals surface area contributed by atoms with E-state index in [1.807, 2.05) is 24.3 Å². The van der Waals surface area contributed by atoms with E-state index in [0.29, 0.717) is 25.6 Å². The molecule has 0 aliphatic heterocycles. The van der Waals surface area contributed by atoms with Gasteiger partial charge in [-0.1, -0.05) is 24.3 Å². The molecule has 0 unspecified atom stereocenters. The highest BCUT2D eigenvalue weighted by molar-refractivity contribution is 5.94. The summed E-state index contributed by atoms with van der Waals surface area (Å²) in [5.41, 5.74) is 6.94. The molecule has 2 aromatic carbocycles. The number of nitrogens with one attached hydrogen (secondary N) is 2. The number of aliphatic imine (C=N–C) groups is 1. The second-order valence-electron chi connectivity index (χ2n) is 5.53. The molecule has 0 spiro atoms. The number of carbonyl (C=O) groups excluding carboxylic acids is 1. The maximum atomic E-state index is 13.5. The van der Waals surface area contributed by atoms with Gasteiger partial charge in [0.25, 0.3) is 5.91 Å². The number of hydrogen-bond acceptors (Lipinski definition) is 3. The van der Waals surface area contributed by atoms with Gasteiger partial charge >= 0.3 is 0 Å². The molecule has 2 aromatic rings. The lowest BCUT2D eigenvalue weighted by Gasteiger charge is -2.08. The smallest absolute Gasteiger partial charge is 0.254 e. The average molecular weight is 358 g/mol. The minimum atomic E-state index is -0.544. The molecule has 0 bridgehead atoms. The van der Waals surface area contributed by atoms with E-state index in [1.165, 1.54) is 18.2 Å². The van der Waals surface area contributed by atoms with Crippen LogP contribution in [0.5, 0.6) is 5.75 Å². The summed E-state index contributed by atoms with van der Waals surface area (Å²) in [4.78, 5) is 16.1. The molecule has 0 saturated heterocycles. The molecule has 0 fully saturated rings. The van der Waals surface area contributed by atoms with Crippen molar-refractivity contribution < 1.29 is 13.9 Å². The monoisotopic (exact) mass is 358 g/mol. The zero-order valence-electron chi connectivity index (χ0n) is 14.7. The van der Waals surface area contributed by atoms with E-state index < -0.39 is 11.7 Å². The number of nitrogens with two attached hydrogens (primary N) is 1. The number of benzene rings is 2. The molecule has 7 heteroatoms.